The van der Waals surface area contributed by atoms with Crippen molar-refractivity contribution in [3.05, 3.63) is 33.9 Å². The predicted octanol–water partition coefficient (Wildman–Crippen LogP) is 2.25. The molecular formula is C11H12F3N3O3. The fraction of sp³-hybridized carbons (Fsp3) is 0.364. The van der Waals surface area contributed by atoms with E-state index in [-0.39, 0.29) is 11.3 Å². The summed E-state index contributed by atoms with van der Waals surface area (Å²) in [6.45, 7) is 1.18. The number of carbonyl (C=O) groups is 1. The average Bonchev–Trinajstić information content (AvgIpc) is 2.25. The molecular weight excluding hydrogens is 279 g/mol. The van der Waals surface area contributed by atoms with E-state index in [1.165, 1.54) is 19.1 Å². The molecule has 0 radical (unpaired) electrons. The molecule has 1 atom stereocenters. The van der Waals surface area contributed by atoms with Crippen LogP contribution in [0.4, 0.5) is 24.5 Å². The maximum atomic E-state index is 12.1. The lowest BCUT2D eigenvalue weighted by molar-refractivity contribution is -0.383. The van der Waals surface area contributed by atoms with Gasteiger partial charge in [-0.25, -0.2) is 0 Å². The van der Waals surface area contributed by atoms with Crippen molar-refractivity contribution < 1.29 is 22.9 Å². The number of benzene rings is 1. The van der Waals surface area contributed by atoms with E-state index in [0.717, 1.165) is 6.07 Å². The Bertz CT molecular complexity index is 531. The van der Waals surface area contributed by atoms with Crippen molar-refractivity contribution in [2.24, 2.45) is 0 Å². The number of nitrogens with one attached hydrogen (secondary N) is 1. The number of anilines is 1. The van der Waals surface area contributed by atoms with Gasteiger partial charge in [0.15, 0.2) is 0 Å². The summed E-state index contributed by atoms with van der Waals surface area (Å²) in [7, 11) is 0. The second-order valence-corrected chi connectivity index (χ2v) is 4.19. The highest BCUT2D eigenvalue weighted by Crippen LogP contribution is 2.25. The molecule has 9 heteroatoms. The highest BCUT2D eigenvalue weighted by atomic mass is 19.4. The minimum atomic E-state index is -4.42. The Morgan fingerprint density at radius 3 is 2.60 bits per heavy atom. The summed E-state index contributed by atoms with van der Waals surface area (Å²) in [4.78, 5) is 21.6. The number of nitro benzene ring substituents is 1. The van der Waals surface area contributed by atoms with Crippen LogP contribution in [-0.4, -0.2) is 23.0 Å². The van der Waals surface area contributed by atoms with Crippen molar-refractivity contribution in [1.29, 1.82) is 0 Å². The highest BCUT2D eigenvalue weighted by molar-refractivity contribution is 6.01. The second-order valence-electron chi connectivity index (χ2n) is 4.19. The van der Waals surface area contributed by atoms with Gasteiger partial charge in [0.1, 0.15) is 5.69 Å². The molecule has 0 fully saturated rings. The van der Waals surface area contributed by atoms with Crippen molar-refractivity contribution in [2.45, 2.75) is 25.6 Å². The topological polar surface area (TPSA) is 98.3 Å². The Labute approximate surface area is 111 Å². The molecule has 1 unspecified atom stereocenters. The minimum Gasteiger partial charge on any atom is -0.393 e. The van der Waals surface area contributed by atoms with E-state index < -0.39 is 35.2 Å². The van der Waals surface area contributed by atoms with Crippen LogP contribution in [0.2, 0.25) is 0 Å². The largest absolute Gasteiger partial charge is 0.393 e. The van der Waals surface area contributed by atoms with Gasteiger partial charge in [0, 0.05) is 12.1 Å². The molecule has 0 saturated heterocycles. The zero-order valence-corrected chi connectivity index (χ0v) is 10.4. The van der Waals surface area contributed by atoms with E-state index in [1.807, 2.05) is 0 Å². The molecule has 0 saturated carbocycles. The van der Waals surface area contributed by atoms with Crippen LogP contribution in [0.1, 0.15) is 23.7 Å². The summed E-state index contributed by atoms with van der Waals surface area (Å²) in [5.41, 5.74) is 4.38. The molecule has 1 aromatic rings. The van der Waals surface area contributed by atoms with Crippen LogP contribution in [-0.2, 0) is 0 Å². The molecule has 0 aliphatic carbocycles. The number of hydrogen-bond acceptors (Lipinski definition) is 4. The Morgan fingerprint density at radius 2 is 2.10 bits per heavy atom. The normalized spacial score (nSPS) is 12.8. The number of nitrogen functional groups attached to an aromatic ring is 1. The molecule has 1 amide bonds. The van der Waals surface area contributed by atoms with Crippen molar-refractivity contribution >= 4 is 17.3 Å². The monoisotopic (exact) mass is 291 g/mol. The molecule has 0 aliphatic rings. The van der Waals surface area contributed by atoms with E-state index in [2.05, 4.69) is 5.32 Å². The summed E-state index contributed by atoms with van der Waals surface area (Å²) in [5, 5.41) is 12.7. The van der Waals surface area contributed by atoms with Crippen LogP contribution in [0, 0.1) is 10.1 Å². The summed E-state index contributed by atoms with van der Waals surface area (Å²) in [5.74, 6) is -0.886. The maximum absolute atomic E-state index is 12.1. The van der Waals surface area contributed by atoms with Crippen LogP contribution in [0.5, 0.6) is 0 Å². The fourth-order valence-corrected chi connectivity index (χ4v) is 1.61. The van der Waals surface area contributed by atoms with E-state index in [4.69, 9.17) is 5.73 Å². The average molecular weight is 291 g/mol. The maximum Gasteiger partial charge on any atom is 0.391 e. The van der Waals surface area contributed by atoms with Crippen molar-refractivity contribution in [2.75, 3.05) is 5.73 Å². The zero-order chi connectivity index (χ0) is 15.5. The number of para-hydroxylation sites is 1. The molecule has 0 heterocycles. The molecule has 0 spiro atoms. The van der Waals surface area contributed by atoms with E-state index >= 15 is 0 Å². The van der Waals surface area contributed by atoms with Crippen LogP contribution < -0.4 is 11.1 Å². The molecule has 0 aromatic heterocycles. The van der Waals surface area contributed by atoms with Crippen LogP contribution >= 0.6 is 0 Å². The number of hydrogen-bond donors (Lipinski definition) is 2. The lowest BCUT2D eigenvalue weighted by Crippen LogP contribution is -2.36. The van der Waals surface area contributed by atoms with Gasteiger partial charge in [-0.2, -0.15) is 13.2 Å². The Kier molecular flexibility index (Phi) is 4.53. The van der Waals surface area contributed by atoms with Crippen LogP contribution in [0.15, 0.2) is 18.2 Å². The number of nitro groups is 1. The molecule has 6 nitrogen and oxygen atoms in total. The first-order valence-corrected chi connectivity index (χ1v) is 5.52. The van der Waals surface area contributed by atoms with Gasteiger partial charge in [0.2, 0.25) is 0 Å². The number of carbonyl (C=O) groups excluding carboxylic acids is 1. The van der Waals surface area contributed by atoms with Gasteiger partial charge in [-0.15, -0.1) is 0 Å². The molecule has 20 heavy (non-hydrogen) atoms. The minimum absolute atomic E-state index is 0.228. The standard InChI is InChI=1S/C11H12F3N3O3/c1-6(5-11(12,13)14)16-10(18)7-3-2-4-8(9(7)15)17(19)20/h2-4,6H,5,15H2,1H3,(H,16,18). The van der Waals surface area contributed by atoms with Crippen LogP contribution in [0.3, 0.4) is 0 Å². The molecule has 110 valence electrons. The van der Waals surface area contributed by atoms with Crippen molar-refractivity contribution in [3.8, 4) is 0 Å². The summed E-state index contributed by atoms with van der Waals surface area (Å²) >= 11 is 0. The van der Waals surface area contributed by atoms with Gasteiger partial charge >= 0.3 is 6.18 Å². The Hall–Kier alpha value is -2.32. The molecule has 0 bridgehead atoms. The molecule has 3 N–H and O–H groups in total. The Balaban J connectivity index is 2.88. The van der Waals surface area contributed by atoms with Gasteiger partial charge < -0.3 is 11.1 Å². The summed E-state index contributed by atoms with van der Waals surface area (Å²) in [6.07, 6.45) is -5.62. The molecule has 1 rings (SSSR count). The second kappa shape index (κ2) is 5.76. The van der Waals surface area contributed by atoms with Gasteiger partial charge in [0.25, 0.3) is 11.6 Å². The van der Waals surface area contributed by atoms with E-state index in [1.54, 1.807) is 0 Å². The number of nitrogens with two attached hydrogens (primary N) is 1. The van der Waals surface area contributed by atoms with E-state index in [0.29, 0.717) is 0 Å². The van der Waals surface area contributed by atoms with E-state index in [9.17, 15) is 28.1 Å². The predicted molar refractivity (Wildman–Crippen MR) is 65.1 cm³/mol. The lowest BCUT2D eigenvalue weighted by atomic mass is 10.1. The zero-order valence-electron chi connectivity index (χ0n) is 10.4. The third-order valence-electron chi connectivity index (χ3n) is 2.44. The number of alkyl halides is 3. The third kappa shape index (κ3) is 4.11. The van der Waals surface area contributed by atoms with Gasteiger partial charge in [0.05, 0.1) is 16.9 Å². The first-order chi connectivity index (χ1) is 9.11. The summed E-state index contributed by atoms with van der Waals surface area (Å²) < 4.78 is 36.4. The van der Waals surface area contributed by atoms with Gasteiger partial charge in [-0.05, 0) is 13.0 Å². The number of nitrogens with zero attached hydrogens (tertiary/aromatic N) is 1. The van der Waals surface area contributed by atoms with Gasteiger partial charge in [-0.3, -0.25) is 14.9 Å². The number of amides is 1. The summed E-state index contributed by atoms with van der Waals surface area (Å²) in [6, 6.07) is 2.38. The Morgan fingerprint density at radius 1 is 1.50 bits per heavy atom. The number of halogens is 3. The van der Waals surface area contributed by atoms with Crippen molar-refractivity contribution in [3.63, 3.8) is 0 Å². The quantitative estimate of drug-likeness (QED) is 0.505. The SMILES string of the molecule is CC(CC(F)(F)F)NC(=O)c1cccc([N+](=O)[O-])c1N. The fourth-order valence-electron chi connectivity index (χ4n) is 1.61. The molecule has 1 aromatic carbocycles. The number of rotatable bonds is 4. The molecule has 0 aliphatic heterocycles. The van der Waals surface area contributed by atoms with Crippen LogP contribution in [0.25, 0.3) is 0 Å². The lowest BCUT2D eigenvalue weighted by Gasteiger charge is -2.16. The highest BCUT2D eigenvalue weighted by Gasteiger charge is 2.31. The third-order valence-corrected chi connectivity index (χ3v) is 2.44. The van der Waals surface area contributed by atoms with Gasteiger partial charge in [-0.1, -0.05) is 6.07 Å². The first-order valence-electron chi connectivity index (χ1n) is 5.52. The van der Waals surface area contributed by atoms with Crippen molar-refractivity contribution in [1.82, 2.24) is 5.32 Å². The first kappa shape index (κ1) is 15.7. The smallest absolute Gasteiger partial charge is 0.391 e.